The lowest BCUT2D eigenvalue weighted by Gasteiger charge is -2.00. The van der Waals surface area contributed by atoms with Gasteiger partial charge in [0.1, 0.15) is 5.75 Å². The maximum Gasteiger partial charge on any atom is 0.124 e. The Kier molecular flexibility index (Phi) is 4.39. The fourth-order valence-electron chi connectivity index (χ4n) is 1.51. The first-order valence-electron chi connectivity index (χ1n) is 5.38. The first-order valence-corrected chi connectivity index (χ1v) is 6.55. The number of rotatable bonds is 3. The van der Waals surface area contributed by atoms with Crippen molar-refractivity contribution in [3.63, 3.8) is 0 Å². The number of benzene rings is 2. The van der Waals surface area contributed by atoms with Gasteiger partial charge in [-0.25, -0.2) is 0 Å². The molecule has 0 aromatic heterocycles. The smallest absolute Gasteiger partial charge is 0.124 e. The van der Waals surface area contributed by atoms with Gasteiger partial charge in [-0.3, -0.25) is 4.99 Å². The molecule has 0 heterocycles. The summed E-state index contributed by atoms with van der Waals surface area (Å²) in [6.45, 7) is 0.534. The average molecular weight is 325 g/mol. The van der Waals surface area contributed by atoms with E-state index in [0.29, 0.717) is 17.1 Å². The molecule has 0 saturated heterocycles. The minimum Gasteiger partial charge on any atom is -0.507 e. The number of phenolic OH excluding ortho intramolecular Hbond substituents is 1. The molecule has 0 bridgehead atoms. The van der Waals surface area contributed by atoms with E-state index in [0.717, 1.165) is 10.0 Å². The van der Waals surface area contributed by atoms with E-state index in [1.165, 1.54) is 0 Å². The molecule has 18 heavy (non-hydrogen) atoms. The van der Waals surface area contributed by atoms with E-state index in [1.54, 1.807) is 18.3 Å². The molecule has 92 valence electrons. The highest BCUT2D eigenvalue weighted by atomic mass is 79.9. The van der Waals surface area contributed by atoms with Gasteiger partial charge in [-0.15, -0.1) is 0 Å². The normalized spacial score (nSPS) is 11.0. The molecule has 2 nitrogen and oxygen atoms in total. The zero-order valence-corrected chi connectivity index (χ0v) is 11.8. The highest BCUT2D eigenvalue weighted by Gasteiger charge is 1.98. The molecule has 0 radical (unpaired) electrons. The third-order valence-electron chi connectivity index (χ3n) is 2.38. The van der Waals surface area contributed by atoms with Gasteiger partial charge in [-0.1, -0.05) is 39.7 Å². The van der Waals surface area contributed by atoms with Crippen molar-refractivity contribution in [1.82, 2.24) is 0 Å². The zero-order chi connectivity index (χ0) is 13.0. The van der Waals surface area contributed by atoms with E-state index < -0.39 is 0 Å². The Morgan fingerprint density at radius 2 is 2.06 bits per heavy atom. The molecule has 2 rings (SSSR count). The molecule has 0 unspecified atom stereocenters. The van der Waals surface area contributed by atoms with Crippen molar-refractivity contribution < 1.29 is 5.11 Å². The molecular formula is C14H11BrClNO. The van der Waals surface area contributed by atoms with Crippen LogP contribution < -0.4 is 0 Å². The van der Waals surface area contributed by atoms with Crippen LogP contribution in [-0.2, 0) is 6.54 Å². The summed E-state index contributed by atoms with van der Waals surface area (Å²) >= 11 is 9.24. The summed E-state index contributed by atoms with van der Waals surface area (Å²) in [5, 5.41) is 10.3. The van der Waals surface area contributed by atoms with Crippen molar-refractivity contribution in [3.05, 3.63) is 63.1 Å². The van der Waals surface area contributed by atoms with Gasteiger partial charge >= 0.3 is 0 Å². The van der Waals surface area contributed by atoms with E-state index >= 15 is 0 Å². The second kappa shape index (κ2) is 6.03. The van der Waals surface area contributed by atoms with Crippen molar-refractivity contribution in [2.45, 2.75) is 6.54 Å². The minimum atomic E-state index is 0.216. The minimum absolute atomic E-state index is 0.216. The molecule has 0 amide bonds. The van der Waals surface area contributed by atoms with E-state index in [1.807, 2.05) is 30.3 Å². The molecular weight excluding hydrogens is 314 g/mol. The maximum atomic E-state index is 9.64. The second-order valence-corrected chi connectivity index (χ2v) is 5.15. The molecule has 2 aromatic rings. The van der Waals surface area contributed by atoms with Gasteiger partial charge in [-0.2, -0.15) is 0 Å². The Morgan fingerprint density at radius 1 is 1.22 bits per heavy atom. The molecule has 0 aliphatic carbocycles. The lowest BCUT2D eigenvalue weighted by Crippen LogP contribution is -1.86. The standard InChI is InChI=1S/C14H11BrClNO/c15-12-4-5-14(18)11(7-12)9-17-8-10-2-1-3-13(16)6-10/h1-7,9,18H,8H2. The molecule has 0 aliphatic rings. The number of halogens is 2. The number of nitrogens with zero attached hydrogens (tertiary/aromatic N) is 1. The van der Waals surface area contributed by atoms with Crippen LogP contribution >= 0.6 is 27.5 Å². The van der Waals surface area contributed by atoms with Gasteiger partial charge in [0.05, 0.1) is 6.54 Å². The predicted molar refractivity (Wildman–Crippen MR) is 78.6 cm³/mol. The van der Waals surface area contributed by atoms with Crippen LogP contribution in [0.5, 0.6) is 5.75 Å². The van der Waals surface area contributed by atoms with Crippen LogP contribution in [0.3, 0.4) is 0 Å². The number of aromatic hydroxyl groups is 1. The van der Waals surface area contributed by atoms with Gasteiger partial charge in [0.15, 0.2) is 0 Å². The summed E-state index contributed by atoms with van der Waals surface area (Å²) in [5.41, 5.74) is 1.72. The number of hydrogen-bond donors (Lipinski definition) is 1. The summed E-state index contributed by atoms with van der Waals surface area (Å²) in [4.78, 5) is 4.29. The fourth-order valence-corrected chi connectivity index (χ4v) is 2.11. The van der Waals surface area contributed by atoms with Crippen molar-refractivity contribution in [2.24, 2.45) is 4.99 Å². The Balaban J connectivity index is 2.10. The lowest BCUT2D eigenvalue weighted by atomic mass is 10.2. The Labute approximate surface area is 119 Å². The Hall–Kier alpha value is -1.32. The van der Waals surface area contributed by atoms with E-state index in [4.69, 9.17) is 11.6 Å². The summed E-state index contributed by atoms with van der Waals surface area (Å²) < 4.78 is 0.907. The fraction of sp³-hybridized carbons (Fsp3) is 0.0714. The van der Waals surface area contributed by atoms with Gasteiger partial charge < -0.3 is 5.11 Å². The summed E-state index contributed by atoms with van der Waals surface area (Å²) in [5.74, 6) is 0.216. The Bertz CT molecular complexity index is 584. The number of aliphatic imine (C=N–C) groups is 1. The maximum absolute atomic E-state index is 9.64. The zero-order valence-electron chi connectivity index (χ0n) is 9.48. The van der Waals surface area contributed by atoms with Crippen LogP contribution in [0.1, 0.15) is 11.1 Å². The molecule has 1 N–H and O–H groups in total. The largest absolute Gasteiger partial charge is 0.507 e. The van der Waals surface area contributed by atoms with Gasteiger partial charge in [0.25, 0.3) is 0 Å². The summed E-state index contributed by atoms with van der Waals surface area (Å²) in [7, 11) is 0. The third-order valence-corrected chi connectivity index (χ3v) is 3.11. The second-order valence-electron chi connectivity index (χ2n) is 3.80. The van der Waals surface area contributed by atoms with Crippen LogP contribution in [0.4, 0.5) is 0 Å². The van der Waals surface area contributed by atoms with Crippen LogP contribution in [0, 0.1) is 0 Å². The highest BCUT2D eigenvalue weighted by Crippen LogP contribution is 2.20. The van der Waals surface area contributed by atoms with Crippen molar-refractivity contribution in [1.29, 1.82) is 0 Å². The van der Waals surface area contributed by atoms with Gasteiger partial charge in [0.2, 0.25) is 0 Å². The van der Waals surface area contributed by atoms with Crippen molar-refractivity contribution in [3.8, 4) is 5.75 Å². The average Bonchev–Trinajstić information content (AvgIpc) is 2.34. The first kappa shape index (κ1) is 13.1. The van der Waals surface area contributed by atoms with Gasteiger partial charge in [0, 0.05) is 21.3 Å². The summed E-state index contributed by atoms with van der Waals surface area (Å²) in [6, 6.07) is 12.8. The molecule has 2 aromatic carbocycles. The van der Waals surface area contributed by atoms with Crippen LogP contribution in [0.25, 0.3) is 0 Å². The van der Waals surface area contributed by atoms with Crippen LogP contribution in [0.2, 0.25) is 5.02 Å². The molecule has 0 saturated carbocycles. The van der Waals surface area contributed by atoms with E-state index in [9.17, 15) is 5.11 Å². The summed E-state index contributed by atoms with van der Waals surface area (Å²) in [6.07, 6.45) is 1.65. The van der Waals surface area contributed by atoms with E-state index in [-0.39, 0.29) is 5.75 Å². The van der Waals surface area contributed by atoms with Crippen LogP contribution in [-0.4, -0.2) is 11.3 Å². The molecule has 0 atom stereocenters. The third kappa shape index (κ3) is 3.59. The van der Waals surface area contributed by atoms with Crippen molar-refractivity contribution in [2.75, 3.05) is 0 Å². The highest BCUT2D eigenvalue weighted by molar-refractivity contribution is 9.10. The Morgan fingerprint density at radius 3 is 2.83 bits per heavy atom. The quantitative estimate of drug-likeness (QED) is 0.832. The molecule has 0 fully saturated rings. The lowest BCUT2D eigenvalue weighted by molar-refractivity contribution is 0.474. The number of hydrogen-bond acceptors (Lipinski definition) is 2. The molecule has 0 spiro atoms. The topological polar surface area (TPSA) is 32.6 Å². The van der Waals surface area contributed by atoms with Crippen LogP contribution in [0.15, 0.2) is 51.9 Å². The predicted octanol–water partition coefficient (Wildman–Crippen LogP) is 4.43. The van der Waals surface area contributed by atoms with E-state index in [2.05, 4.69) is 20.9 Å². The SMILES string of the molecule is Oc1ccc(Br)cc1C=NCc1cccc(Cl)c1. The number of phenols is 1. The van der Waals surface area contributed by atoms with Gasteiger partial charge in [-0.05, 0) is 35.9 Å². The molecule has 0 aliphatic heterocycles. The molecule has 4 heteroatoms. The van der Waals surface area contributed by atoms with Crippen molar-refractivity contribution >= 4 is 33.7 Å². The monoisotopic (exact) mass is 323 g/mol. The first-order chi connectivity index (χ1) is 8.65.